The van der Waals surface area contributed by atoms with E-state index in [0.717, 1.165) is 18.2 Å². The molecule has 2 atom stereocenters. The predicted octanol–water partition coefficient (Wildman–Crippen LogP) is 1.60. The number of likely N-dealkylation sites (tertiary alicyclic amines) is 1. The lowest BCUT2D eigenvalue weighted by Crippen LogP contribution is -2.31. The zero-order chi connectivity index (χ0) is 15.4. The van der Waals surface area contributed by atoms with Crippen molar-refractivity contribution in [1.82, 2.24) is 10.2 Å². The number of carbonyl (C=O) groups is 1. The summed E-state index contributed by atoms with van der Waals surface area (Å²) in [6.45, 7) is 3.16. The zero-order valence-corrected chi connectivity index (χ0v) is 12.0. The van der Waals surface area contributed by atoms with Crippen molar-refractivity contribution < 1.29 is 18.7 Å². The molecule has 0 aliphatic carbocycles. The number of amides is 1. The highest BCUT2D eigenvalue weighted by Gasteiger charge is 2.33. The molecule has 1 aliphatic heterocycles. The summed E-state index contributed by atoms with van der Waals surface area (Å²) >= 11 is 0. The Morgan fingerprint density at radius 1 is 1.48 bits per heavy atom. The Morgan fingerprint density at radius 3 is 2.95 bits per heavy atom. The maximum atomic E-state index is 13.9. The molecule has 6 heteroatoms. The topological polar surface area (TPSA) is 52.6 Å². The van der Waals surface area contributed by atoms with Gasteiger partial charge in [-0.15, -0.1) is 0 Å². The molecule has 4 nitrogen and oxygen atoms in total. The molecule has 21 heavy (non-hydrogen) atoms. The van der Waals surface area contributed by atoms with E-state index in [-0.39, 0.29) is 17.9 Å². The van der Waals surface area contributed by atoms with Crippen molar-refractivity contribution in [3.8, 4) is 0 Å². The molecule has 2 rings (SSSR count). The number of aliphatic hydroxyl groups is 1. The fourth-order valence-corrected chi connectivity index (χ4v) is 2.75. The van der Waals surface area contributed by atoms with Gasteiger partial charge in [-0.2, -0.15) is 0 Å². The molecule has 1 aromatic rings. The van der Waals surface area contributed by atoms with Gasteiger partial charge in [0.25, 0.3) is 0 Å². The summed E-state index contributed by atoms with van der Waals surface area (Å²) in [5.74, 6) is -1.08. The molecule has 0 aromatic heterocycles. The highest BCUT2D eigenvalue weighted by Crippen LogP contribution is 2.33. The lowest BCUT2D eigenvalue weighted by molar-refractivity contribution is -0.121. The Morgan fingerprint density at radius 2 is 2.24 bits per heavy atom. The second-order valence-electron chi connectivity index (χ2n) is 5.27. The third kappa shape index (κ3) is 3.98. The number of carbonyl (C=O) groups excluding carboxylic acids is 1. The van der Waals surface area contributed by atoms with E-state index in [9.17, 15) is 18.7 Å². The van der Waals surface area contributed by atoms with Gasteiger partial charge >= 0.3 is 0 Å². The van der Waals surface area contributed by atoms with Crippen LogP contribution in [0.2, 0.25) is 0 Å². The van der Waals surface area contributed by atoms with Crippen LogP contribution < -0.4 is 5.32 Å². The van der Waals surface area contributed by atoms with Crippen LogP contribution in [0.3, 0.4) is 0 Å². The minimum atomic E-state index is -0.591. The molecule has 0 spiro atoms. The highest BCUT2D eigenvalue weighted by molar-refractivity contribution is 5.75. The molecule has 2 N–H and O–H groups in total. The maximum Gasteiger partial charge on any atom is 0.221 e. The highest BCUT2D eigenvalue weighted by atomic mass is 19.1. The van der Waals surface area contributed by atoms with Crippen molar-refractivity contribution in [2.75, 3.05) is 19.6 Å². The van der Waals surface area contributed by atoms with E-state index in [2.05, 4.69) is 5.32 Å². The van der Waals surface area contributed by atoms with Gasteiger partial charge in [-0.05, 0) is 31.5 Å². The SMILES string of the molecule is CCNC(=O)CCN1C[C@H](O)C[C@H]1c1cc(F)ccc1F. The summed E-state index contributed by atoms with van der Waals surface area (Å²) in [5.41, 5.74) is 0.238. The number of benzene rings is 1. The standard InChI is InChI=1S/C15H20F2N2O2/c1-2-18-15(21)5-6-19-9-11(20)8-14(19)12-7-10(16)3-4-13(12)17/h3-4,7,11,14,20H,2,5-6,8-9H2,1H3,(H,18,21)/t11-,14+/m1/s1. The van der Waals surface area contributed by atoms with Crippen LogP contribution in [-0.4, -0.2) is 41.7 Å². The second-order valence-corrected chi connectivity index (χ2v) is 5.27. The summed E-state index contributed by atoms with van der Waals surface area (Å²) in [5, 5.41) is 12.5. The molecular formula is C15H20F2N2O2. The third-order valence-corrected chi connectivity index (χ3v) is 3.70. The van der Waals surface area contributed by atoms with Crippen LogP contribution in [0.1, 0.15) is 31.4 Å². The molecule has 1 aliphatic rings. The van der Waals surface area contributed by atoms with Gasteiger partial charge in [0.05, 0.1) is 6.10 Å². The van der Waals surface area contributed by atoms with Crippen LogP contribution in [0.4, 0.5) is 8.78 Å². The predicted molar refractivity (Wildman–Crippen MR) is 74.6 cm³/mol. The van der Waals surface area contributed by atoms with E-state index in [1.54, 1.807) is 0 Å². The minimum Gasteiger partial charge on any atom is -0.392 e. The Hall–Kier alpha value is -1.53. The van der Waals surface area contributed by atoms with Gasteiger partial charge in [-0.25, -0.2) is 8.78 Å². The smallest absolute Gasteiger partial charge is 0.221 e. The molecule has 1 amide bonds. The lowest BCUT2D eigenvalue weighted by Gasteiger charge is -2.24. The van der Waals surface area contributed by atoms with E-state index in [1.807, 2.05) is 11.8 Å². The van der Waals surface area contributed by atoms with Crippen LogP contribution >= 0.6 is 0 Å². The van der Waals surface area contributed by atoms with Gasteiger partial charge in [0.15, 0.2) is 0 Å². The van der Waals surface area contributed by atoms with Crippen molar-refractivity contribution in [3.05, 3.63) is 35.4 Å². The molecule has 1 saturated heterocycles. The largest absolute Gasteiger partial charge is 0.392 e. The summed E-state index contributed by atoms with van der Waals surface area (Å²) in [6, 6.07) is 2.93. The molecular weight excluding hydrogens is 278 g/mol. The number of β-amino-alcohol motifs (C(OH)–C–C–N with tert-alkyl or cyclic N) is 1. The van der Waals surface area contributed by atoms with Gasteiger partial charge in [0, 0.05) is 37.7 Å². The van der Waals surface area contributed by atoms with Gasteiger partial charge < -0.3 is 10.4 Å². The van der Waals surface area contributed by atoms with Crippen LogP contribution in [0.5, 0.6) is 0 Å². The van der Waals surface area contributed by atoms with Gasteiger partial charge in [-0.1, -0.05) is 0 Å². The Balaban J connectivity index is 2.09. The molecule has 0 unspecified atom stereocenters. The Labute approximate surface area is 122 Å². The first kappa shape index (κ1) is 15.9. The number of nitrogens with zero attached hydrogens (tertiary/aromatic N) is 1. The van der Waals surface area contributed by atoms with E-state index >= 15 is 0 Å². The lowest BCUT2D eigenvalue weighted by atomic mass is 10.0. The number of rotatable bonds is 5. The van der Waals surface area contributed by atoms with E-state index in [4.69, 9.17) is 0 Å². The van der Waals surface area contributed by atoms with Crippen molar-refractivity contribution >= 4 is 5.91 Å². The van der Waals surface area contributed by atoms with Crippen LogP contribution in [0.15, 0.2) is 18.2 Å². The molecule has 0 bridgehead atoms. The van der Waals surface area contributed by atoms with E-state index in [0.29, 0.717) is 26.1 Å². The molecule has 116 valence electrons. The zero-order valence-electron chi connectivity index (χ0n) is 12.0. The summed E-state index contributed by atoms with van der Waals surface area (Å²) in [4.78, 5) is 13.3. The molecule has 1 heterocycles. The quantitative estimate of drug-likeness (QED) is 0.868. The first-order valence-corrected chi connectivity index (χ1v) is 7.15. The Kier molecular flexibility index (Phi) is 5.25. The number of halogens is 2. The normalized spacial score (nSPS) is 22.5. The van der Waals surface area contributed by atoms with Crippen molar-refractivity contribution in [2.45, 2.75) is 31.9 Å². The van der Waals surface area contributed by atoms with Gasteiger partial charge in [0.2, 0.25) is 5.91 Å². The van der Waals surface area contributed by atoms with Crippen LogP contribution in [-0.2, 0) is 4.79 Å². The number of aliphatic hydroxyl groups excluding tert-OH is 1. The van der Waals surface area contributed by atoms with E-state index in [1.165, 1.54) is 0 Å². The van der Waals surface area contributed by atoms with E-state index < -0.39 is 23.8 Å². The van der Waals surface area contributed by atoms with Crippen molar-refractivity contribution in [2.24, 2.45) is 0 Å². The molecule has 1 aromatic carbocycles. The van der Waals surface area contributed by atoms with Crippen LogP contribution in [0.25, 0.3) is 0 Å². The average molecular weight is 298 g/mol. The maximum absolute atomic E-state index is 13.9. The fourth-order valence-electron chi connectivity index (χ4n) is 2.75. The second kappa shape index (κ2) is 6.95. The summed E-state index contributed by atoms with van der Waals surface area (Å²) in [7, 11) is 0. The van der Waals surface area contributed by atoms with Crippen LogP contribution in [0, 0.1) is 11.6 Å². The number of hydrogen-bond donors (Lipinski definition) is 2. The summed E-state index contributed by atoms with van der Waals surface area (Å²) < 4.78 is 27.2. The molecule has 0 saturated carbocycles. The average Bonchev–Trinajstić information content (AvgIpc) is 2.80. The van der Waals surface area contributed by atoms with Gasteiger partial charge in [0.1, 0.15) is 11.6 Å². The summed E-state index contributed by atoms with van der Waals surface area (Å²) in [6.07, 6.45) is 0.0240. The van der Waals surface area contributed by atoms with Crippen molar-refractivity contribution in [1.29, 1.82) is 0 Å². The minimum absolute atomic E-state index is 0.0858. The first-order valence-electron chi connectivity index (χ1n) is 7.15. The first-order chi connectivity index (χ1) is 10.0. The molecule has 0 radical (unpaired) electrons. The van der Waals surface area contributed by atoms with Crippen molar-refractivity contribution in [3.63, 3.8) is 0 Å². The Bertz CT molecular complexity index is 510. The number of hydrogen-bond acceptors (Lipinski definition) is 3. The monoisotopic (exact) mass is 298 g/mol. The molecule has 1 fully saturated rings. The van der Waals surface area contributed by atoms with Gasteiger partial charge in [-0.3, -0.25) is 9.69 Å². The fraction of sp³-hybridized carbons (Fsp3) is 0.533. The third-order valence-electron chi connectivity index (χ3n) is 3.70. The number of nitrogens with one attached hydrogen (secondary N) is 1.